The molecular formula is C38H32O6. The quantitative estimate of drug-likeness (QED) is 0.233. The number of aliphatic hydroxyl groups is 1. The van der Waals surface area contributed by atoms with Crippen molar-refractivity contribution in [1.82, 2.24) is 0 Å². The van der Waals surface area contributed by atoms with E-state index in [0.717, 1.165) is 78.9 Å². The Labute approximate surface area is 256 Å². The number of ether oxygens (including phenoxy) is 5. The lowest BCUT2D eigenvalue weighted by Gasteiger charge is -2.38. The average Bonchev–Trinajstić information content (AvgIpc) is 3.65. The van der Waals surface area contributed by atoms with E-state index < -0.39 is 11.2 Å². The van der Waals surface area contributed by atoms with E-state index in [1.54, 1.807) is 21.3 Å². The lowest BCUT2D eigenvalue weighted by atomic mass is 9.80. The molecule has 5 aromatic carbocycles. The topological polar surface area (TPSA) is 66.4 Å². The highest BCUT2D eigenvalue weighted by Gasteiger charge is 2.46. The van der Waals surface area contributed by atoms with E-state index >= 15 is 0 Å². The summed E-state index contributed by atoms with van der Waals surface area (Å²) in [6.07, 6.45) is 4.94. The minimum atomic E-state index is -1.23. The van der Waals surface area contributed by atoms with E-state index in [2.05, 4.69) is 18.2 Å². The fourth-order valence-electron chi connectivity index (χ4n) is 7.33. The fraction of sp³-hybridized carbons (Fsp3) is 0.211. The van der Waals surface area contributed by atoms with Gasteiger partial charge in [-0.05, 0) is 60.0 Å². The van der Waals surface area contributed by atoms with Gasteiger partial charge in [-0.3, -0.25) is 0 Å². The van der Waals surface area contributed by atoms with E-state index in [0.29, 0.717) is 18.1 Å². The maximum Gasteiger partial charge on any atom is 0.178 e. The third kappa shape index (κ3) is 3.52. The molecule has 0 spiro atoms. The van der Waals surface area contributed by atoms with Crippen molar-refractivity contribution in [1.29, 1.82) is 0 Å². The van der Waals surface area contributed by atoms with Gasteiger partial charge in [-0.15, -0.1) is 0 Å². The van der Waals surface area contributed by atoms with Crippen LogP contribution in [0.1, 0.15) is 40.3 Å². The first kappa shape index (κ1) is 26.7. The van der Waals surface area contributed by atoms with Gasteiger partial charge in [0.25, 0.3) is 0 Å². The van der Waals surface area contributed by atoms with Crippen LogP contribution < -0.4 is 23.7 Å². The van der Waals surface area contributed by atoms with E-state index in [4.69, 9.17) is 23.7 Å². The number of hydrogen-bond acceptors (Lipinski definition) is 6. The molecule has 6 heteroatoms. The van der Waals surface area contributed by atoms with E-state index in [-0.39, 0.29) is 0 Å². The molecule has 5 aromatic rings. The zero-order valence-corrected chi connectivity index (χ0v) is 25.1. The summed E-state index contributed by atoms with van der Waals surface area (Å²) in [4.78, 5) is 0. The van der Waals surface area contributed by atoms with Gasteiger partial charge in [-0.1, -0.05) is 54.6 Å². The molecule has 0 saturated heterocycles. The zero-order chi connectivity index (χ0) is 30.2. The van der Waals surface area contributed by atoms with Crippen LogP contribution in [0.15, 0.2) is 84.9 Å². The van der Waals surface area contributed by atoms with Crippen molar-refractivity contribution >= 4 is 16.8 Å². The number of benzene rings is 5. The summed E-state index contributed by atoms with van der Waals surface area (Å²) in [5, 5.41) is 14.2. The van der Waals surface area contributed by atoms with Crippen LogP contribution in [0.3, 0.4) is 0 Å². The molecule has 1 aliphatic carbocycles. The summed E-state index contributed by atoms with van der Waals surface area (Å²) in [5.74, 6) is 3.64. The minimum Gasteiger partial charge on any atom is -0.497 e. The van der Waals surface area contributed by atoms with Gasteiger partial charge in [0.15, 0.2) is 17.1 Å². The Balaban J connectivity index is 1.48. The first-order chi connectivity index (χ1) is 21.4. The molecule has 0 radical (unpaired) electrons. The summed E-state index contributed by atoms with van der Waals surface area (Å²) in [5.41, 5.74) is 5.36. The summed E-state index contributed by atoms with van der Waals surface area (Å²) < 4.78 is 30.3. The Morgan fingerprint density at radius 3 is 2.09 bits per heavy atom. The smallest absolute Gasteiger partial charge is 0.178 e. The normalized spacial score (nSPS) is 18.5. The van der Waals surface area contributed by atoms with Crippen LogP contribution in [0.4, 0.5) is 0 Å². The largest absolute Gasteiger partial charge is 0.497 e. The van der Waals surface area contributed by atoms with E-state index in [9.17, 15) is 5.11 Å². The Hall–Kier alpha value is -4.94. The Morgan fingerprint density at radius 2 is 1.45 bits per heavy atom. The number of rotatable bonds is 5. The maximum absolute atomic E-state index is 12.3. The van der Waals surface area contributed by atoms with Crippen molar-refractivity contribution in [2.45, 2.75) is 24.5 Å². The molecule has 0 saturated carbocycles. The van der Waals surface area contributed by atoms with Crippen LogP contribution in [0, 0.1) is 0 Å². The molecular weight excluding hydrogens is 552 g/mol. The molecule has 0 fully saturated rings. The van der Waals surface area contributed by atoms with Crippen molar-refractivity contribution < 1.29 is 28.8 Å². The van der Waals surface area contributed by atoms with Gasteiger partial charge >= 0.3 is 0 Å². The summed E-state index contributed by atoms with van der Waals surface area (Å²) in [7, 11) is 4.99. The molecule has 2 heterocycles. The molecule has 0 bridgehead atoms. The second-order valence-electron chi connectivity index (χ2n) is 11.6. The Kier molecular flexibility index (Phi) is 5.78. The summed E-state index contributed by atoms with van der Waals surface area (Å²) in [6.45, 7) is 2.45. The lowest BCUT2D eigenvalue weighted by molar-refractivity contribution is 0.105. The first-order valence-corrected chi connectivity index (χ1v) is 14.8. The van der Waals surface area contributed by atoms with Gasteiger partial charge in [-0.2, -0.15) is 0 Å². The Bertz CT molecular complexity index is 1940. The van der Waals surface area contributed by atoms with Crippen LogP contribution in [-0.2, 0) is 17.6 Å². The average molecular weight is 585 g/mol. The highest BCUT2D eigenvalue weighted by atomic mass is 16.5. The van der Waals surface area contributed by atoms with Gasteiger partial charge in [0, 0.05) is 45.0 Å². The first-order valence-electron chi connectivity index (χ1n) is 14.8. The molecule has 1 unspecified atom stereocenters. The van der Waals surface area contributed by atoms with Crippen molar-refractivity contribution in [3.8, 4) is 39.9 Å². The zero-order valence-electron chi connectivity index (χ0n) is 25.1. The molecule has 2 aliphatic heterocycles. The molecule has 8 rings (SSSR count). The third-order valence-corrected chi connectivity index (χ3v) is 9.41. The predicted octanol–water partition coefficient (Wildman–Crippen LogP) is 7.39. The molecule has 0 amide bonds. The molecule has 6 nitrogen and oxygen atoms in total. The van der Waals surface area contributed by atoms with Crippen LogP contribution in [0.25, 0.3) is 28.0 Å². The molecule has 1 N–H and O–H groups in total. The number of methoxy groups -OCH3 is 3. The molecule has 220 valence electrons. The third-order valence-electron chi connectivity index (χ3n) is 9.41. The highest BCUT2D eigenvalue weighted by Crippen LogP contribution is 2.60. The van der Waals surface area contributed by atoms with Gasteiger partial charge in [-0.25, -0.2) is 0 Å². The van der Waals surface area contributed by atoms with Gasteiger partial charge in [0.1, 0.15) is 22.8 Å². The highest BCUT2D eigenvalue weighted by molar-refractivity contribution is 6.11. The van der Waals surface area contributed by atoms with Crippen LogP contribution in [0.5, 0.6) is 28.7 Å². The monoisotopic (exact) mass is 584 g/mol. The summed E-state index contributed by atoms with van der Waals surface area (Å²) in [6, 6.07) is 26.1. The van der Waals surface area contributed by atoms with Gasteiger partial charge in [0.05, 0.1) is 27.9 Å². The van der Waals surface area contributed by atoms with Crippen molar-refractivity contribution in [3.05, 3.63) is 118 Å². The Morgan fingerprint density at radius 1 is 0.795 bits per heavy atom. The predicted molar refractivity (Wildman–Crippen MR) is 170 cm³/mol. The number of fused-ring (bicyclic) bond motifs is 10. The van der Waals surface area contributed by atoms with Crippen LogP contribution in [0.2, 0.25) is 0 Å². The standard InChI is InChI=1S/C38H32O6/c1-37(39)30-8-6-5-7-26(30)33-32-27-18-20-43-36(27)31(42-4)21-29(32)35-28(34(33)37)17-19-38(44-35,22-9-13-24(40-2)14-10-22)23-11-15-25(41-3)16-12-23/h5-17,19,21,39H,18,20H2,1-4H3. The minimum absolute atomic E-state index is 0.567. The van der Waals surface area contributed by atoms with Crippen molar-refractivity contribution in [2.75, 3.05) is 27.9 Å². The molecule has 1 atom stereocenters. The second kappa shape index (κ2) is 9.53. The van der Waals surface area contributed by atoms with Crippen molar-refractivity contribution in [3.63, 3.8) is 0 Å². The SMILES string of the molecule is COc1ccc(C2(c3ccc(OC)cc3)C=Cc3c4c(c5c6c(c(OC)cc5c3O2)OCC6)-c2ccccc2C4(C)O)cc1. The van der Waals surface area contributed by atoms with Crippen LogP contribution >= 0.6 is 0 Å². The van der Waals surface area contributed by atoms with E-state index in [1.165, 1.54) is 0 Å². The van der Waals surface area contributed by atoms with Crippen LogP contribution in [-0.4, -0.2) is 33.0 Å². The molecule has 0 aromatic heterocycles. The van der Waals surface area contributed by atoms with Gasteiger partial charge < -0.3 is 28.8 Å². The van der Waals surface area contributed by atoms with Gasteiger partial charge in [0.2, 0.25) is 0 Å². The second-order valence-corrected chi connectivity index (χ2v) is 11.6. The molecule has 3 aliphatic rings. The fourth-order valence-corrected chi connectivity index (χ4v) is 7.33. The maximum atomic E-state index is 12.3. The lowest BCUT2D eigenvalue weighted by Crippen LogP contribution is -2.35. The molecule has 44 heavy (non-hydrogen) atoms. The van der Waals surface area contributed by atoms with E-state index in [1.807, 2.05) is 79.7 Å². The number of hydrogen-bond donors (Lipinski definition) is 1. The van der Waals surface area contributed by atoms with Crippen molar-refractivity contribution in [2.24, 2.45) is 0 Å². The summed E-state index contributed by atoms with van der Waals surface area (Å²) >= 11 is 0.